The quantitative estimate of drug-likeness (QED) is 0.693. The van der Waals surface area contributed by atoms with Gasteiger partial charge in [-0.05, 0) is 48.7 Å². The van der Waals surface area contributed by atoms with Gasteiger partial charge in [-0.3, -0.25) is 9.59 Å². The molecule has 5 nitrogen and oxygen atoms in total. The Morgan fingerprint density at radius 3 is 2.18 bits per heavy atom. The van der Waals surface area contributed by atoms with E-state index in [1.807, 2.05) is 4.90 Å². The number of hydrogen-bond donors (Lipinski definition) is 0. The van der Waals surface area contributed by atoms with Crippen molar-refractivity contribution in [2.45, 2.75) is 12.8 Å². The van der Waals surface area contributed by atoms with Gasteiger partial charge in [-0.25, -0.2) is 4.90 Å². The maximum atomic E-state index is 13.4. The highest BCUT2D eigenvalue weighted by Crippen LogP contribution is 2.40. The van der Waals surface area contributed by atoms with Gasteiger partial charge in [0, 0.05) is 23.1 Å². The standard InChI is InChI=1S/C21H18Cl2N2O3/c1-28-17-9-8-15(23)12-16(17)25-20(26)18(13-4-6-14(22)7-5-13)19(21(25)27)24-10-2-3-11-24/h4-9,12H,2-3,10-11H2,1H3. The molecule has 0 bridgehead atoms. The second kappa shape index (κ2) is 7.49. The molecule has 2 aromatic rings. The fraction of sp³-hybridized carbons (Fsp3) is 0.238. The van der Waals surface area contributed by atoms with E-state index < -0.39 is 5.91 Å². The van der Waals surface area contributed by atoms with Crippen molar-refractivity contribution >= 4 is 46.3 Å². The number of halogens is 2. The van der Waals surface area contributed by atoms with E-state index in [0.29, 0.717) is 38.3 Å². The monoisotopic (exact) mass is 416 g/mol. The van der Waals surface area contributed by atoms with Gasteiger partial charge in [-0.15, -0.1) is 0 Å². The Morgan fingerprint density at radius 2 is 1.54 bits per heavy atom. The van der Waals surface area contributed by atoms with E-state index in [1.54, 1.807) is 42.5 Å². The molecule has 0 N–H and O–H groups in total. The van der Waals surface area contributed by atoms with Gasteiger partial charge in [0.15, 0.2) is 0 Å². The summed E-state index contributed by atoms with van der Waals surface area (Å²) in [7, 11) is 1.49. The largest absolute Gasteiger partial charge is 0.495 e. The van der Waals surface area contributed by atoms with Gasteiger partial charge < -0.3 is 9.64 Å². The molecular formula is C21H18Cl2N2O3. The molecule has 0 aromatic heterocycles. The molecule has 0 spiro atoms. The number of methoxy groups -OCH3 is 1. The van der Waals surface area contributed by atoms with Gasteiger partial charge >= 0.3 is 0 Å². The molecule has 1 saturated heterocycles. The predicted octanol–water partition coefficient (Wildman–Crippen LogP) is 4.38. The second-order valence-corrected chi connectivity index (χ2v) is 7.56. The van der Waals surface area contributed by atoms with Crippen molar-refractivity contribution in [1.82, 2.24) is 4.90 Å². The number of amides is 2. The van der Waals surface area contributed by atoms with Crippen molar-refractivity contribution in [3.63, 3.8) is 0 Å². The lowest BCUT2D eigenvalue weighted by atomic mass is 10.0. The van der Waals surface area contributed by atoms with Crippen molar-refractivity contribution in [1.29, 1.82) is 0 Å². The molecule has 0 radical (unpaired) electrons. The molecular weight excluding hydrogens is 399 g/mol. The number of anilines is 1. The minimum absolute atomic E-state index is 0.339. The lowest BCUT2D eigenvalue weighted by Gasteiger charge is -2.21. The first-order chi connectivity index (χ1) is 13.5. The Bertz CT molecular complexity index is 980. The van der Waals surface area contributed by atoms with Crippen molar-refractivity contribution < 1.29 is 14.3 Å². The van der Waals surface area contributed by atoms with E-state index in [0.717, 1.165) is 30.8 Å². The average molecular weight is 417 g/mol. The molecule has 2 amide bonds. The van der Waals surface area contributed by atoms with Crippen LogP contribution in [-0.4, -0.2) is 36.9 Å². The summed E-state index contributed by atoms with van der Waals surface area (Å²) < 4.78 is 5.37. The highest BCUT2D eigenvalue weighted by molar-refractivity contribution is 6.46. The molecule has 2 aliphatic rings. The summed E-state index contributed by atoms with van der Waals surface area (Å²) in [5.41, 5.74) is 1.80. The third-order valence-corrected chi connectivity index (χ3v) is 5.48. The molecule has 0 aliphatic carbocycles. The highest BCUT2D eigenvalue weighted by Gasteiger charge is 2.44. The summed E-state index contributed by atoms with van der Waals surface area (Å²) >= 11 is 12.1. The van der Waals surface area contributed by atoms with Crippen molar-refractivity contribution in [3.05, 3.63) is 63.8 Å². The van der Waals surface area contributed by atoms with Crippen LogP contribution in [-0.2, 0) is 9.59 Å². The highest BCUT2D eigenvalue weighted by atomic mass is 35.5. The SMILES string of the molecule is COc1ccc(Cl)cc1N1C(=O)C(c2ccc(Cl)cc2)=C(N2CCCC2)C1=O. The number of nitrogens with zero attached hydrogens (tertiary/aromatic N) is 2. The molecule has 0 atom stereocenters. The van der Waals surface area contributed by atoms with Crippen molar-refractivity contribution in [2.24, 2.45) is 0 Å². The normalized spacial score (nSPS) is 17.1. The molecule has 1 fully saturated rings. The fourth-order valence-corrected chi connectivity index (χ4v) is 3.98. The van der Waals surface area contributed by atoms with Gasteiger partial charge in [-0.2, -0.15) is 0 Å². The van der Waals surface area contributed by atoms with Crippen molar-refractivity contribution in [2.75, 3.05) is 25.1 Å². The number of carbonyl (C=O) groups is 2. The van der Waals surface area contributed by atoms with Crippen LogP contribution >= 0.6 is 23.2 Å². The molecule has 0 saturated carbocycles. The molecule has 7 heteroatoms. The van der Waals surface area contributed by atoms with Crippen LogP contribution in [0.25, 0.3) is 5.57 Å². The Hall–Kier alpha value is -2.50. The van der Waals surface area contributed by atoms with Gasteiger partial charge in [0.25, 0.3) is 11.8 Å². The van der Waals surface area contributed by atoms with E-state index in [1.165, 1.54) is 7.11 Å². The first kappa shape index (κ1) is 18.8. The third kappa shape index (κ3) is 3.15. The van der Waals surface area contributed by atoms with E-state index >= 15 is 0 Å². The second-order valence-electron chi connectivity index (χ2n) is 6.69. The van der Waals surface area contributed by atoms with E-state index in [2.05, 4.69) is 0 Å². The molecule has 2 heterocycles. The predicted molar refractivity (Wildman–Crippen MR) is 110 cm³/mol. The number of hydrogen-bond acceptors (Lipinski definition) is 4. The van der Waals surface area contributed by atoms with Gasteiger partial charge in [0.05, 0.1) is 18.4 Å². The number of imide groups is 1. The van der Waals surface area contributed by atoms with Gasteiger partial charge in [0.1, 0.15) is 11.4 Å². The molecule has 28 heavy (non-hydrogen) atoms. The number of benzene rings is 2. The summed E-state index contributed by atoms with van der Waals surface area (Å²) in [5.74, 6) is -0.351. The molecule has 4 rings (SSSR count). The molecule has 144 valence electrons. The summed E-state index contributed by atoms with van der Waals surface area (Å²) in [5, 5.41) is 0.983. The Kier molecular flexibility index (Phi) is 5.04. The lowest BCUT2D eigenvalue weighted by Crippen LogP contribution is -2.34. The van der Waals surface area contributed by atoms with E-state index in [-0.39, 0.29) is 5.91 Å². The first-order valence-corrected chi connectivity index (χ1v) is 9.74. The van der Waals surface area contributed by atoms with Gasteiger partial charge in [0.2, 0.25) is 0 Å². The van der Waals surface area contributed by atoms with Crippen LogP contribution < -0.4 is 9.64 Å². The number of carbonyl (C=O) groups excluding carboxylic acids is 2. The van der Waals surface area contributed by atoms with Gasteiger partial charge in [-0.1, -0.05) is 35.3 Å². The minimum Gasteiger partial charge on any atom is -0.495 e. The van der Waals surface area contributed by atoms with E-state index in [4.69, 9.17) is 27.9 Å². The summed E-state index contributed by atoms with van der Waals surface area (Å²) in [6.45, 7) is 1.48. The van der Waals surface area contributed by atoms with Crippen LogP contribution in [0.15, 0.2) is 48.2 Å². The summed E-state index contributed by atoms with van der Waals surface area (Å²) in [6.07, 6.45) is 1.97. The Balaban J connectivity index is 1.86. The number of likely N-dealkylation sites (tertiary alicyclic amines) is 1. The number of ether oxygens (including phenoxy) is 1. The summed E-state index contributed by atoms with van der Waals surface area (Å²) in [6, 6.07) is 11.8. The van der Waals surface area contributed by atoms with Crippen LogP contribution in [0.4, 0.5) is 5.69 Å². The van der Waals surface area contributed by atoms with E-state index in [9.17, 15) is 9.59 Å². The van der Waals surface area contributed by atoms with Crippen LogP contribution in [0.3, 0.4) is 0 Å². The van der Waals surface area contributed by atoms with Crippen molar-refractivity contribution in [3.8, 4) is 5.75 Å². The fourth-order valence-electron chi connectivity index (χ4n) is 3.69. The van der Waals surface area contributed by atoms with Crippen LogP contribution in [0.1, 0.15) is 18.4 Å². The van der Waals surface area contributed by atoms with Crippen LogP contribution in [0.2, 0.25) is 10.0 Å². The lowest BCUT2D eigenvalue weighted by molar-refractivity contribution is -0.120. The molecule has 2 aliphatic heterocycles. The molecule has 2 aromatic carbocycles. The summed E-state index contributed by atoms with van der Waals surface area (Å²) in [4.78, 5) is 30.0. The average Bonchev–Trinajstić information content (AvgIpc) is 3.29. The maximum absolute atomic E-state index is 13.4. The first-order valence-electron chi connectivity index (χ1n) is 8.98. The zero-order valence-corrected chi connectivity index (χ0v) is 16.8. The third-order valence-electron chi connectivity index (χ3n) is 5.00. The number of rotatable bonds is 4. The van der Waals surface area contributed by atoms with Crippen LogP contribution in [0.5, 0.6) is 5.75 Å². The smallest absolute Gasteiger partial charge is 0.282 e. The van der Waals surface area contributed by atoms with Crippen LogP contribution in [0, 0.1) is 0 Å². The Labute approximate surface area is 173 Å². The zero-order chi connectivity index (χ0) is 19.8. The minimum atomic E-state index is -0.394. The maximum Gasteiger partial charge on any atom is 0.282 e. The zero-order valence-electron chi connectivity index (χ0n) is 15.2. The Morgan fingerprint density at radius 1 is 0.893 bits per heavy atom. The molecule has 0 unspecified atom stereocenters. The topological polar surface area (TPSA) is 49.9 Å².